The van der Waals surface area contributed by atoms with Gasteiger partial charge in [0.25, 0.3) is 0 Å². The normalized spacial score (nSPS) is 26.1. The van der Waals surface area contributed by atoms with Gasteiger partial charge in [0.15, 0.2) is 0 Å². The van der Waals surface area contributed by atoms with Crippen LogP contribution in [0.4, 0.5) is 5.82 Å². The van der Waals surface area contributed by atoms with Crippen molar-refractivity contribution in [3.63, 3.8) is 0 Å². The van der Waals surface area contributed by atoms with E-state index in [2.05, 4.69) is 16.9 Å². The van der Waals surface area contributed by atoms with Crippen LogP contribution in [0.5, 0.6) is 11.5 Å². The van der Waals surface area contributed by atoms with Crippen LogP contribution < -0.4 is 15.8 Å². The number of amides is 1. The Hall–Kier alpha value is -4.00. The van der Waals surface area contributed by atoms with Gasteiger partial charge in [-0.25, -0.2) is 9.97 Å². The van der Waals surface area contributed by atoms with Crippen LogP contribution in [0.2, 0.25) is 0 Å². The highest BCUT2D eigenvalue weighted by Crippen LogP contribution is 2.54. The van der Waals surface area contributed by atoms with Gasteiger partial charge in [-0.1, -0.05) is 24.8 Å². The molecule has 7 heteroatoms. The van der Waals surface area contributed by atoms with Crippen LogP contribution in [0.25, 0.3) is 0 Å². The van der Waals surface area contributed by atoms with Crippen molar-refractivity contribution in [2.45, 2.75) is 50.1 Å². The number of para-hydroxylation sites is 1. The van der Waals surface area contributed by atoms with E-state index in [4.69, 9.17) is 20.4 Å². The number of nitrogens with zero attached hydrogens (tertiary/aromatic N) is 3. The second kappa shape index (κ2) is 9.81. The molecule has 3 N–H and O–H groups in total. The van der Waals surface area contributed by atoms with Crippen molar-refractivity contribution in [3.8, 4) is 11.5 Å². The molecular weight excluding hydrogens is 462 g/mol. The second-order valence-electron chi connectivity index (χ2n) is 10.2. The summed E-state index contributed by atoms with van der Waals surface area (Å²) in [5, 5.41) is 3.07. The number of aliphatic imine (C=N–C) groups is 1. The van der Waals surface area contributed by atoms with Crippen molar-refractivity contribution in [2.24, 2.45) is 16.8 Å². The SMILES string of the molecule is C=CC(=O)NC1CCC(C2C3CC2c2ncnc(N)c2C(c2ccc(Oc4ccccc4)cc2)=N3)CC1. The molecule has 2 bridgehead atoms. The predicted octanol–water partition coefficient (Wildman–Crippen LogP) is 5.04. The molecule has 0 saturated heterocycles. The summed E-state index contributed by atoms with van der Waals surface area (Å²) in [7, 11) is 0. The second-order valence-corrected chi connectivity index (χ2v) is 10.2. The number of anilines is 1. The van der Waals surface area contributed by atoms with E-state index in [1.54, 1.807) is 6.33 Å². The molecule has 2 heterocycles. The Kier molecular flexibility index (Phi) is 6.20. The first-order chi connectivity index (χ1) is 18.1. The van der Waals surface area contributed by atoms with Crippen molar-refractivity contribution in [3.05, 3.63) is 90.4 Å². The maximum atomic E-state index is 11.7. The fourth-order valence-electron chi connectivity index (χ4n) is 6.32. The lowest BCUT2D eigenvalue weighted by Gasteiger charge is -2.47. The summed E-state index contributed by atoms with van der Waals surface area (Å²) in [4.78, 5) is 26.1. The van der Waals surface area contributed by atoms with E-state index in [1.807, 2.05) is 54.6 Å². The Morgan fingerprint density at radius 2 is 1.73 bits per heavy atom. The summed E-state index contributed by atoms with van der Waals surface area (Å²) in [5.41, 5.74) is 10.2. The number of fused-ring (bicyclic) bond motifs is 4. The van der Waals surface area contributed by atoms with Gasteiger partial charge in [0, 0.05) is 17.5 Å². The zero-order valence-electron chi connectivity index (χ0n) is 20.7. The minimum absolute atomic E-state index is 0.0868. The third kappa shape index (κ3) is 4.50. The Morgan fingerprint density at radius 3 is 2.46 bits per heavy atom. The van der Waals surface area contributed by atoms with Gasteiger partial charge in [-0.05, 0) is 86.4 Å². The van der Waals surface area contributed by atoms with Crippen molar-refractivity contribution < 1.29 is 9.53 Å². The lowest BCUT2D eigenvalue weighted by molar-refractivity contribution is -0.117. The Labute approximate surface area is 216 Å². The van der Waals surface area contributed by atoms with Crippen molar-refractivity contribution in [1.29, 1.82) is 0 Å². The summed E-state index contributed by atoms with van der Waals surface area (Å²) in [6.07, 6.45) is 8.04. The van der Waals surface area contributed by atoms with E-state index >= 15 is 0 Å². The number of hydrogen-bond donors (Lipinski definition) is 2. The molecule has 2 fully saturated rings. The van der Waals surface area contributed by atoms with Crippen LogP contribution >= 0.6 is 0 Å². The average molecular weight is 494 g/mol. The Morgan fingerprint density at radius 1 is 1.00 bits per heavy atom. The number of nitrogen functional groups attached to an aromatic ring is 1. The predicted molar refractivity (Wildman–Crippen MR) is 144 cm³/mol. The third-order valence-electron chi connectivity index (χ3n) is 8.15. The van der Waals surface area contributed by atoms with Gasteiger partial charge >= 0.3 is 0 Å². The summed E-state index contributed by atoms with van der Waals surface area (Å²) >= 11 is 0. The van der Waals surface area contributed by atoms with E-state index in [1.165, 1.54) is 6.08 Å². The number of carbonyl (C=O) groups is 1. The highest BCUT2D eigenvalue weighted by atomic mass is 16.5. The number of nitrogens with two attached hydrogens (primary N) is 1. The fourth-order valence-corrected chi connectivity index (χ4v) is 6.32. The molecule has 6 rings (SSSR count). The molecule has 3 unspecified atom stereocenters. The van der Waals surface area contributed by atoms with Crippen molar-refractivity contribution in [1.82, 2.24) is 15.3 Å². The fraction of sp³-hybridized carbons (Fsp3) is 0.333. The van der Waals surface area contributed by atoms with E-state index in [0.717, 1.165) is 66.1 Å². The number of aromatic nitrogens is 2. The molecule has 0 spiro atoms. The van der Waals surface area contributed by atoms with E-state index in [-0.39, 0.29) is 18.0 Å². The smallest absolute Gasteiger partial charge is 0.243 e. The number of nitrogens with one attached hydrogen (secondary N) is 1. The van der Waals surface area contributed by atoms with Crippen molar-refractivity contribution in [2.75, 3.05) is 5.73 Å². The number of ether oxygens (including phenoxy) is 1. The molecule has 3 atom stereocenters. The average Bonchev–Trinajstić information content (AvgIpc) is 3.17. The molecule has 1 aliphatic heterocycles. The molecule has 37 heavy (non-hydrogen) atoms. The summed E-state index contributed by atoms with van der Waals surface area (Å²) in [5.74, 6) is 3.27. The molecule has 7 nitrogen and oxygen atoms in total. The standard InChI is InChI=1S/C30H31N5O2/c1-2-25(36)34-20-12-8-18(9-13-20)26-23-16-24(26)35-28(27-29(23)32-17-33-30(27)31)19-10-14-22(15-11-19)37-21-6-4-3-5-7-21/h2-7,10-11,14-15,17-18,20,23-24,26H,1,8-9,12-13,16H2,(H,34,36)(H2,31,32,33). The number of benzene rings is 2. The quantitative estimate of drug-likeness (QED) is 0.469. The van der Waals surface area contributed by atoms with Crippen LogP contribution in [0.1, 0.15) is 54.8 Å². The first-order valence-electron chi connectivity index (χ1n) is 13.1. The molecule has 3 aliphatic rings. The first kappa shape index (κ1) is 23.4. The third-order valence-corrected chi connectivity index (χ3v) is 8.15. The molecular formula is C30H31N5O2. The van der Waals surface area contributed by atoms with Crippen LogP contribution in [-0.4, -0.2) is 33.7 Å². The van der Waals surface area contributed by atoms with Crippen LogP contribution in [-0.2, 0) is 4.79 Å². The summed E-state index contributed by atoms with van der Waals surface area (Å²) in [6, 6.07) is 18.2. The van der Waals surface area contributed by atoms with Crippen LogP contribution in [0.3, 0.4) is 0 Å². The number of rotatable bonds is 6. The largest absolute Gasteiger partial charge is 0.457 e. The van der Waals surface area contributed by atoms with Gasteiger partial charge < -0.3 is 15.8 Å². The monoisotopic (exact) mass is 493 g/mol. The van der Waals surface area contributed by atoms with Crippen LogP contribution in [0.15, 0.2) is 78.6 Å². The molecule has 1 aromatic heterocycles. The lowest BCUT2D eigenvalue weighted by Crippen LogP contribution is -2.46. The maximum absolute atomic E-state index is 11.7. The molecule has 3 aromatic rings. The summed E-state index contributed by atoms with van der Waals surface area (Å²) < 4.78 is 5.98. The first-order valence-corrected chi connectivity index (χ1v) is 13.1. The minimum atomic E-state index is -0.0868. The zero-order chi connectivity index (χ0) is 25.4. The molecule has 0 radical (unpaired) electrons. The summed E-state index contributed by atoms with van der Waals surface area (Å²) in [6.45, 7) is 3.57. The molecule has 188 valence electrons. The highest BCUT2D eigenvalue weighted by molar-refractivity contribution is 6.16. The van der Waals surface area contributed by atoms with Gasteiger partial charge in [0.2, 0.25) is 5.91 Å². The van der Waals surface area contributed by atoms with Gasteiger partial charge in [0.1, 0.15) is 23.6 Å². The minimum Gasteiger partial charge on any atom is -0.457 e. The van der Waals surface area contributed by atoms with E-state index < -0.39 is 0 Å². The van der Waals surface area contributed by atoms with Gasteiger partial charge in [-0.2, -0.15) is 0 Å². The van der Waals surface area contributed by atoms with E-state index in [9.17, 15) is 4.79 Å². The molecule has 2 saturated carbocycles. The van der Waals surface area contributed by atoms with E-state index in [0.29, 0.717) is 23.6 Å². The van der Waals surface area contributed by atoms with Gasteiger partial charge in [-0.3, -0.25) is 9.79 Å². The zero-order valence-corrected chi connectivity index (χ0v) is 20.7. The lowest BCUT2D eigenvalue weighted by atomic mass is 9.59. The molecule has 1 amide bonds. The van der Waals surface area contributed by atoms with Gasteiger partial charge in [-0.15, -0.1) is 0 Å². The number of hydrogen-bond acceptors (Lipinski definition) is 6. The molecule has 2 aromatic carbocycles. The topological polar surface area (TPSA) is 102 Å². The Bertz CT molecular complexity index is 1330. The highest BCUT2D eigenvalue weighted by Gasteiger charge is 2.50. The van der Waals surface area contributed by atoms with Crippen molar-refractivity contribution >= 4 is 17.4 Å². The molecule has 2 aliphatic carbocycles. The van der Waals surface area contributed by atoms with Gasteiger partial charge in [0.05, 0.1) is 23.0 Å². The van der Waals surface area contributed by atoms with Crippen LogP contribution in [0, 0.1) is 11.8 Å². The Balaban J connectivity index is 1.26. The number of carbonyl (C=O) groups excluding carboxylic acids is 1. The maximum Gasteiger partial charge on any atom is 0.243 e.